The standard InChI is InChI=1S/C7H8O3/c8-5-3-4(6(9)10)7(5)1-2-7/h4H,1-3H2,(H,9,10). The van der Waals surface area contributed by atoms with Gasteiger partial charge in [0.1, 0.15) is 5.78 Å². The Morgan fingerprint density at radius 1 is 1.60 bits per heavy atom. The average Bonchev–Trinajstić information content (AvgIpc) is 2.61. The van der Waals surface area contributed by atoms with Crippen molar-refractivity contribution in [3.8, 4) is 0 Å². The van der Waals surface area contributed by atoms with Crippen molar-refractivity contribution in [3.05, 3.63) is 0 Å². The van der Waals surface area contributed by atoms with Crippen LogP contribution in [0.1, 0.15) is 19.3 Å². The molecule has 0 aromatic rings. The number of aliphatic carboxylic acids is 1. The highest BCUT2D eigenvalue weighted by Gasteiger charge is 2.65. The van der Waals surface area contributed by atoms with Crippen LogP contribution in [0.2, 0.25) is 0 Å². The summed E-state index contributed by atoms with van der Waals surface area (Å²) < 4.78 is 0. The summed E-state index contributed by atoms with van der Waals surface area (Å²) in [6.07, 6.45) is 1.89. The van der Waals surface area contributed by atoms with Gasteiger partial charge < -0.3 is 5.11 Å². The summed E-state index contributed by atoms with van der Waals surface area (Å²) in [5, 5.41) is 8.57. The van der Waals surface area contributed by atoms with E-state index in [1.165, 1.54) is 0 Å². The second-order valence-corrected chi connectivity index (χ2v) is 3.17. The van der Waals surface area contributed by atoms with Crippen molar-refractivity contribution in [1.82, 2.24) is 0 Å². The number of carbonyl (C=O) groups excluding carboxylic acids is 1. The van der Waals surface area contributed by atoms with Crippen LogP contribution in [0.5, 0.6) is 0 Å². The molecule has 1 unspecified atom stereocenters. The third-order valence-electron chi connectivity index (χ3n) is 2.70. The second kappa shape index (κ2) is 1.41. The van der Waals surface area contributed by atoms with Gasteiger partial charge in [0.25, 0.3) is 0 Å². The van der Waals surface area contributed by atoms with Crippen molar-refractivity contribution in [2.45, 2.75) is 19.3 Å². The van der Waals surface area contributed by atoms with Crippen LogP contribution in [0.25, 0.3) is 0 Å². The first-order valence-electron chi connectivity index (χ1n) is 3.43. The van der Waals surface area contributed by atoms with E-state index in [1.807, 2.05) is 0 Å². The molecule has 2 aliphatic carbocycles. The van der Waals surface area contributed by atoms with Gasteiger partial charge in [-0.2, -0.15) is 0 Å². The first kappa shape index (κ1) is 5.89. The van der Waals surface area contributed by atoms with Crippen LogP contribution in [-0.4, -0.2) is 16.9 Å². The molecule has 0 saturated heterocycles. The number of carbonyl (C=O) groups is 2. The molecular formula is C7H8O3. The zero-order valence-corrected chi connectivity index (χ0v) is 5.46. The molecule has 2 rings (SSSR count). The fraction of sp³-hybridized carbons (Fsp3) is 0.714. The third kappa shape index (κ3) is 0.462. The Morgan fingerprint density at radius 3 is 2.40 bits per heavy atom. The maximum atomic E-state index is 10.9. The molecule has 0 radical (unpaired) electrons. The monoisotopic (exact) mass is 140 g/mol. The molecule has 0 aromatic heterocycles. The minimum absolute atomic E-state index is 0.167. The van der Waals surface area contributed by atoms with Gasteiger partial charge in [0.15, 0.2) is 0 Å². The fourth-order valence-electron chi connectivity index (χ4n) is 1.73. The summed E-state index contributed by atoms with van der Waals surface area (Å²) in [6.45, 7) is 0. The number of hydrogen-bond acceptors (Lipinski definition) is 2. The SMILES string of the molecule is O=C(O)C1CC(=O)C12CC2. The summed E-state index contributed by atoms with van der Waals surface area (Å²) in [7, 11) is 0. The first-order valence-corrected chi connectivity index (χ1v) is 3.43. The number of carboxylic acids is 1. The Bertz CT molecular complexity index is 215. The van der Waals surface area contributed by atoms with Gasteiger partial charge in [-0.05, 0) is 12.8 Å². The normalized spacial score (nSPS) is 33.6. The van der Waals surface area contributed by atoms with Crippen molar-refractivity contribution in [2.75, 3.05) is 0 Å². The van der Waals surface area contributed by atoms with E-state index in [4.69, 9.17) is 5.11 Å². The number of hydrogen-bond donors (Lipinski definition) is 1. The van der Waals surface area contributed by atoms with E-state index in [-0.39, 0.29) is 23.5 Å². The van der Waals surface area contributed by atoms with Gasteiger partial charge >= 0.3 is 5.97 Å². The first-order chi connectivity index (χ1) is 4.67. The minimum atomic E-state index is -0.794. The second-order valence-electron chi connectivity index (χ2n) is 3.17. The van der Waals surface area contributed by atoms with Crippen molar-refractivity contribution in [2.24, 2.45) is 11.3 Å². The molecule has 3 heteroatoms. The van der Waals surface area contributed by atoms with Crippen LogP contribution in [0, 0.1) is 11.3 Å². The Balaban J connectivity index is 2.17. The number of carboxylic acid groups (broad SMARTS) is 1. The molecule has 1 N–H and O–H groups in total. The van der Waals surface area contributed by atoms with Crippen molar-refractivity contribution < 1.29 is 14.7 Å². The number of ketones is 1. The lowest BCUT2D eigenvalue weighted by molar-refractivity contribution is -0.157. The molecule has 0 aliphatic heterocycles. The summed E-state index contributed by atoms with van der Waals surface area (Å²) >= 11 is 0. The molecule has 2 saturated carbocycles. The summed E-state index contributed by atoms with van der Waals surface area (Å²) in [5.41, 5.74) is -0.369. The van der Waals surface area contributed by atoms with Crippen LogP contribution in [0.15, 0.2) is 0 Å². The highest BCUT2D eigenvalue weighted by atomic mass is 16.4. The van der Waals surface area contributed by atoms with Crippen molar-refractivity contribution in [1.29, 1.82) is 0 Å². The molecule has 3 nitrogen and oxygen atoms in total. The lowest BCUT2D eigenvalue weighted by Gasteiger charge is -2.31. The van der Waals surface area contributed by atoms with Crippen LogP contribution in [0.4, 0.5) is 0 Å². The number of rotatable bonds is 1. The van der Waals surface area contributed by atoms with Crippen LogP contribution in [0.3, 0.4) is 0 Å². The summed E-state index contributed by atoms with van der Waals surface area (Å²) in [6, 6.07) is 0. The molecule has 54 valence electrons. The van der Waals surface area contributed by atoms with E-state index < -0.39 is 5.97 Å². The van der Waals surface area contributed by atoms with Crippen molar-refractivity contribution in [3.63, 3.8) is 0 Å². The van der Waals surface area contributed by atoms with Crippen molar-refractivity contribution >= 4 is 11.8 Å². The van der Waals surface area contributed by atoms with Gasteiger partial charge in [0, 0.05) is 11.8 Å². The Morgan fingerprint density at radius 2 is 2.20 bits per heavy atom. The molecular weight excluding hydrogens is 132 g/mol. The minimum Gasteiger partial charge on any atom is -0.481 e. The highest BCUT2D eigenvalue weighted by molar-refractivity contribution is 6.01. The van der Waals surface area contributed by atoms with Gasteiger partial charge in [-0.3, -0.25) is 9.59 Å². The van der Waals surface area contributed by atoms with E-state index in [1.54, 1.807) is 0 Å². The van der Waals surface area contributed by atoms with E-state index in [0.717, 1.165) is 12.8 Å². The zero-order chi connectivity index (χ0) is 7.35. The molecule has 2 aliphatic rings. The lowest BCUT2D eigenvalue weighted by atomic mass is 9.69. The predicted octanol–water partition coefficient (Wildman–Crippen LogP) is 0.440. The highest BCUT2D eigenvalue weighted by Crippen LogP contribution is 2.61. The van der Waals surface area contributed by atoms with E-state index >= 15 is 0 Å². The smallest absolute Gasteiger partial charge is 0.307 e. The summed E-state index contributed by atoms with van der Waals surface area (Å²) in [4.78, 5) is 21.3. The van der Waals surface area contributed by atoms with Crippen LogP contribution >= 0.6 is 0 Å². The Labute approximate surface area is 58.0 Å². The molecule has 0 aromatic carbocycles. The topological polar surface area (TPSA) is 54.4 Å². The lowest BCUT2D eigenvalue weighted by Crippen LogP contribution is -2.43. The zero-order valence-electron chi connectivity index (χ0n) is 5.46. The van der Waals surface area contributed by atoms with E-state index in [0.29, 0.717) is 0 Å². The fourth-order valence-corrected chi connectivity index (χ4v) is 1.73. The Hall–Kier alpha value is -0.860. The van der Waals surface area contributed by atoms with Gasteiger partial charge in [-0.1, -0.05) is 0 Å². The largest absolute Gasteiger partial charge is 0.481 e. The average molecular weight is 140 g/mol. The van der Waals surface area contributed by atoms with E-state index in [9.17, 15) is 9.59 Å². The third-order valence-corrected chi connectivity index (χ3v) is 2.70. The summed E-state index contributed by atoms with van der Waals surface area (Å²) in [5.74, 6) is -0.975. The van der Waals surface area contributed by atoms with Crippen LogP contribution < -0.4 is 0 Å². The van der Waals surface area contributed by atoms with Gasteiger partial charge in [-0.15, -0.1) is 0 Å². The number of Topliss-reactive ketones (excluding diaryl/α,β-unsaturated/α-hetero) is 1. The van der Waals surface area contributed by atoms with Gasteiger partial charge in [-0.25, -0.2) is 0 Å². The molecule has 10 heavy (non-hydrogen) atoms. The predicted molar refractivity (Wildman–Crippen MR) is 32.4 cm³/mol. The quantitative estimate of drug-likeness (QED) is 0.575. The molecule has 2 fully saturated rings. The molecule has 1 spiro atoms. The molecule has 0 heterocycles. The maximum absolute atomic E-state index is 10.9. The molecule has 0 amide bonds. The van der Waals surface area contributed by atoms with Gasteiger partial charge in [0.05, 0.1) is 5.92 Å². The molecule has 0 bridgehead atoms. The molecule has 1 atom stereocenters. The van der Waals surface area contributed by atoms with Gasteiger partial charge in [0.2, 0.25) is 0 Å². The van der Waals surface area contributed by atoms with Crippen LogP contribution in [-0.2, 0) is 9.59 Å². The maximum Gasteiger partial charge on any atom is 0.307 e. The van der Waals surface area contributed by atoms with E-state index in [2.05, 4.69) is 0 Å². The Kier molecular flexibility index (Phi) is 0.832.